The van der Waals surface area contributed by atoms with Crippen molar-refractivity contribution in [2.75, 3.05) is 25.0 Å². The minimum atomic E-state index is 0.127. The molecule has 0 aliphatic carbocycles. The lowest BCUT2D eigenvalue weighted by Gasteiger charge is -2.23. The molecule has 1 heterocycles. The van der Waals surface area contributed by atoms with Gasteiger partial charge in [0.25, 0.3) is 5.91 Å². The van der Waals surface area contributed by atoms with Gasteiger partial charge in [-0.1, -0.05) is 48.5 Å². The lowest BCUT2D eigenvalue weighted by atomic mass is 10.0. The molecule has 1 amide bonds. The van der Waals surface area contributed by atoms with E-state index in [0.29, 0.717) is 6.54 Å². The van der Waals surface area contributed by atoms with E-state index in [0.717, 1.165) is 25.2 Å². The molecule has 1 aliphatic heterocycles. The SMILES string of the molecule is O=C(C[NH+]1CCCCC1)Nc1ccccc1Cc1ccccc1. The van der Waals surface area contributed by atoms with Crippen LogP contribution in [0.5, 0.6) is 0 Å². The quantitative estimate of drug-likeness (QED) is 0.873. The second kappa shape index (κ2) is 7.93. The Balaban J connectivity index is 1.64. The minimum absolute atomic E-state index is 0.127. The van der Waals surface area contributed by atoms with E-state index in [-0.39, 0.29) is 5.91 Å². The average molecular weight is 309 g/mol. The van der Waals surface area contributed by atoms with Gasteiger partial charge in [-0.3, -0.25) is 4.79 Å². The van der Waals surface area contributed by atoms with Crippen LogP contribution in [0.3, 0.4) is 0 Å². The van der Waals surface area contributed by atoms with Crippen LogP contribution in [0.15, 0.2) is 54.6 Å². The van der Waals surface area contributed by atoms with Gasteiger partial charge in [0.1, 0.15) is 0 Å². The number of likely N-dealkylation sites (tertiary alicyclic amines) is 1. The van der Waals surface area contributed by atoms with E-state index in [1.807, 2.05) is 24.3 Å². The highest BCUT2D eigenvalue weighted by atomic mass is 16.2. The van der Waals surface area contributed by atoms with Crippen LogP contribution >= 0.6 is 0 Å². The van der Waals surface area contributed by atoms with E-state index in [9.17, 15) is 4.79 Å². The number of rotatable bonds is 5. The fourth-order valence-corrected chi connectivity index (χ4v) is 3.26. The Morgan fingerprint density at radius 3 is 2.39 bits per heavy atom. The number of benzene rings is 2. The van der Waals surface area contributed by atoms with E-state index in [4.69, 9.17) is 0 Å². The van der Waals surface area contributed by atoms with Crippen LogP contribution in [-0.2, 0) is 11.2 Å². The predicted molar refractivity (Wildman–Crippen MR) is 93.7 cm³/mol. The summed E-state index contributed by atoms with van der Waals surface area (Å²) < 4.78 is 0. The third kappa shape index (κ3) is 4.67. The summed E-state index contributed by atoms with van der Waals surface area (Å²) in [6, 6.07) is 18.5. The topological polar surface area (TPSA) is 33.5 Å². The summed E-state index contributed by atoms with van der Waals surface area (Å²) in [5.41, 5.74) is 3.37. The van der Waals surface area contributed by atoms with E-state index in [1.54, 1.807) is 0 Å². The van der Waals surface area contributed by atoms with Crippen LogP contribution in [-0.4, -0.2) is 25.5 Å². The van der Waals surface area contributed by atoms with Gasteiger partial charge in [-0.2, -0.15) is 0 Å². The van der Waals surface area contributed by atoms with Crippen LogP contribution in [0.25, 0.3) is 0 Å². The standard InChI is InChI=1S/C20H24N2O/c23-20(16-22-13-7-2-8-14-22)21-19-12-6-5-11-18(19)15-17-9-3-1-4-10-17/h1,3-6,9-12H,2,7-8,13-16H2,(H,21,23)/p+1. The summed E-state index contributed by atoms with van der Waals surface area (Å²) in [6.07, 6.45) is 4.64. The van der Waals surface area contributed by atoms with Crippen LogP contribution in [0.2, 0.25) is 0 Å². The summed E-state index contributed by atoms with van der Waals surface area (Å²) in [6.45, 7) is 2.83. The molecule has 2 aromatic carbocycles. The van der Waals surface area contributed by atoms with Crippen molar-refractivity contribution >= 4 is 11.6 Å². The first-order valence-electron chi connectivity index (χ1n) is 8.56. The number of hydrogen-bond donors (Lipinski definition) is 2. The zero-order chi connectivity index (χ0) is 15.9. The largest absolute Gasteiger partial charge is 0.327 e. The van der Waals surface area contributed by atoms with E-state index in [2.05, 4.69) is 35.6 Å². The Kier molecular flexibility index (Phi) is 5.43. The lowest BCUT2D eigenvalue weighted by Crippen LogP contribution is -3.13. The molecule has 0 bridgehead atoms. The smallest absolute Gasteiger partial charge is 0.279 e. The van der Waals surface area contributed by atoms with Crippen LogP contribution in [0.4, 0.5) is 5.69 Å². The highest BCUT2D eigenvalue weighted by Crippen LogP contribution is 2.18. The minimum Gasteiger partial charge on any atom is -0.327 e. The number of carbonyl (C=O) groups is 1. The molecule has 1 aliphatic rings. The Bertz CT molecular complexity index is 633. The maximum atomic E-state index is 12.4. The normalized spacial score (nSPS) is 15.3. The van der Waals surface area contributed by atoms with Gasteiger partial charge in [0.2, 0.25) is 0 Å². The molecular formula is C20H25N2O+. The van der Waals surface area contributed by atoms with Gasteiger partial charge in [0, 0.05) is 5.69 Å². The van der Waals surface area contributed by atoms with E-state index in [1.165, 1.54) is 35.3 Å². The molecule has 0 aromatic heterocycles. The molecular weight excluding hydrogens is 284 g/mol. The fourth-order valence-electron chi connectivity index (χ4n) is 3.26. The van der Waals surface area contributed by atoms with Crippen LogP contribution in [0.1, 0.15) is 30.4 Å². The Labute approximate surface area is 138 Å². The molecule has 3 nitrogen and oxygen atoms in total. The van der Waals surface area contributed by atoms with Gasteiger partial charge in [-0.15, -0.1) is 0 Å². The number of anilines is 1. The van der Waals surface area contributed by atoms with E-state index >= 15 is 0 Å². The molecule has 1 saturated heterocycles. The second-order valence-electron chi connectivity index (χ2n) is 6.36. The van der Waals surface area contributed by atoms with Crippen LogP contribution in [0, 0.1) is 0 Å². The number of nitrogens with one attached hydrogen (secondary N) is 2. The summed E-state index contributed by atoms with van der Waals surface area (Å²) in [5.74, 6) is 0.127. The van der Waals surface area contributed by atoms with Crippen molar-refractivity contribution in [1.82, 2.24) is 0 Å². The van der Waals surface area contributed by atoms with Gasteiger partial charge < -0.3 is 10.2 Å². The second-order valence-corrected chi connectivity index (χ2v) is 6.36. The number of amides is 1. The first-order chi connectivity index (χ1) is 11.3. The zero-order valence-corrected chi connectivity index (χ0v) is 13.6. The number of para-hydroxylation sites is 1. The number of hydrogen-bond acceptors (Lipinski definition) is 1. The van der Waals surface area contributed by atoms with Gasteiger partial charge in [-0.25, -0.2) is 0 Å². The van der Waals surface area contributed by atoms with Gasteiger partial charge in [-0.05, 0) is 42.9 Å². The molecule has 0 saturated carbocycles. The molecule has 23 heavy (non-hydrogen) atoms. The highest BCUT2D eigenvalue weighted by molar-refractivity contribution is 5.92. The molecule has 1 fully saturated rings. The molecule has 3 heteroatoms. The van der Waals surface area contributed by atoms with Crippen molar-refractivity contribution in [3.63, 3.8) is 0 Å². The third-order valence-corrected chi connectivity index (χ3v) is 4.50. The molecule has 2 aromatic rings. The Hall–Kier alpha value is -2.13. The molecule has 2 N–H and O–H groups in total. The molecule has 0 atom stereocenters. The number of piperidine rings is 1. The molecule has 0 spiro atoms. The summed E-state index contributed by atoms with van der Waals surface area (Å²) in [4.78, 5) is 13.8. The number of carbonyl (C=O) groups excluding carboxylic acids is 1. The van der Waals surface area contributed by atoms with Crippen molar-refractivity contribution in [3.05, 3.63) is 65.7 Å². The van der Waals surface area contributed by atoms with Gasteiger partial charge in [0.15, 0.2) is 6.54 Å². The maximum Gasteiger partial charge on any atom is 0.279 e. The maximum absolute atomic E-state index is 12.4. The Morgan fingerprint density at radius 1 is 0.913 bits per heavy atom. The first-order valence-corrected chi connectivity index (χ1v) is 8.56. The third-order valence-electron chi connectivity index (χ3n) is 4.50. The highest BCUT2D eigenvalue weighted by Gasteiger charge is 2.17. The summed E-state index contributed by atoms with van der Waals surface area (Å²) in [5, 5.41) is 3.12. The van der Waals surface area contributed by atoms with Crippen LogP contribution < -0.4 is 10.2 Å². The fraction of sp³-hybridized carbons (Fsp3) is 0.350. The molecule has 120 valence electrons. The summed E-state index contributed by atoms with van der Waals surface area (Å²) >= 11 is 0. The van der Waals surface area contributed by atoms with Crippen molar-refractivity contribution in [2.24, 2.45) is 0 Å². The van der Waals surface area contributed by atoms with Crippen molar-refractivity contribution in [3.8, 4) is 0 Å². The molecule has 0 radical (unpaired) electrons. The van der Waals surface area contributed by atoms with Gasteiger partial charge >= 0.3 is 0 Å². The number of quaternary nitrogens is 1. The van der Waals surface area contributed by atoms with Crippen molar-refractivity contribution in [2.45, 2.75) is 25.7 Å². The predicted octanol–water partition coefficient (Wildman–Crippen LogP) is 2.28. The lowest BCUT2D eigenvalue weighted by molar-refractivity contribution is -0.896. The molecule has 0 unspecified atom stereocenters. The molecule has 3 rings (SSSR count). The van der Waals surface area contributed by atoms with Crippen molar-refractivity contribution in [1.29, 1.82) is 0 Å². The van der Waals surface area contributed by atoms with Crippen molar-refractivity contribution < 1.29 is 9.69 Å². The summed E-state index contributed by atoms with van der Waals surface area (Å²) in [7, 11) is 0. The van der Waals surface area contributed by atoms with Gasteiger partial charge in [0.05, 0.1) is 13.1 Å². The average Bonchev–Trinajstić information content (AvgIpc) is 2.58. The first kappa shape index (κ1) is 15.8. The monoisotopic (exact) mass is 309 g/mol. The zero-order valence-electron chi connectivity index (χ0n) is 13.6. The van der Waals surface area contributed by atoms with E-state index < -0.39 is 0 Å². The Morgan fingerprint density at radius 2 is 1.61 bits per heavy atom.